The van der Waals surface area contributed by atoms with Gasteiger partial charge < -0.3 is 9.88 Å². The Labute approximate surface area is 116 Å². The largest absolute Gasteiger partial charge is 0.352 e. The number of hydrogen-bond donors (Lipinski definition) is 1. The molecule has 5 heteroatoms. The van der Waals surface area contributed by atoms with Gasteiger partial charge in [-0.05, 0) is 18.4 Å². The van der Waals surface area contributed by atoms with Crippen LogP contribution in [0, 0.1) is 5.92 Å². The number of alkyl halides is 1. The number of aryl methyl sites for hydroxylation is 1. The molecule has 0 radical (unpaired) electrons. The minimum atomic E-state index is -0.180. The van der Waals surface area contributed by atoms with Crippen LogP contribution in [0.4, 0.5) is 0 Å². The van der Waals surface area contributed by atoms with E-state index in [1.54, 1.807) is 19.3 Å². The zero-order chi connectivity index (χ0) is 13.5. The lowest BCUT2D eigenvalue weighted by Crippen LogP contribution is -2.30. The number of aromatic nitrogens is 1. The molecule has 0 saturated carbocycles. The third-order valence-electron chi connectivity index (χ3n) is 3.01. The maximum atomic E-state index is 11.9. The summed E-state index contributed by atoms with van der Waals surface area (Å²) in [6, 6.07) is 3.02. The summed E-state index contributed by atoms with van der Waals surface area (Å²) >= 11 is 3.40. The van der Waals surface area contributed by atoms with Crippen LogP contribution in [0.25, 0.3) is 0 Å². The zero-order valence-electron chi connectivity index (χ0n) is 10.8. The first-order valence-electron chi connectivity index (χ1n) is 6.09. The van der Waals surface area contributed by atoms with Gasteiger partial charge in [0.2, 0.25) is 0 Å². The fourth-order valence-electron chi connectivity index (χ4n) is 1.63. The molecule has 1 aromatic heterocycles. The SMILES string of the molecule is CCC(CCBr)CNC(=O)c1ccn(C)c(=O)c1. The molecule has 0 aliphatic carbocycles. The molecule has 1 amide bonds. The predicted octanol–water partition coefficient (Wildman–Crippen LogP) is 1.93. The highest BCUT2D eigenvalue weighted by Gasteiger charge is 2.10. The first kappa shape index (κ1) is 15.0. The van der Waals surface area contributed by atoms with Crippen LogP contribution >= 0.6 is 15.9 Å². The molecule has 100 valence electrons. The van der Waals surface area contributed by atoms with Gasteiger partial charge >= 0.3 is 0 Å². The average Bonchev–Trinajstić information content (AvgIpc) is 2.37. The summed E-state index contributed by atoms with van der Waals surface area (Å²) in [4.78, 5) is 23.3. The van der Waals surface area contributed by atoms with Gasteiger partial charge in [0.05, 0.1) is 0 Å². The Bertz CT molecular complexity index is 457. The molecule has 0 aromatic carbocycles. The summed E-state index contributed by atoms with van der Waals surface area (Å²) in [6.45, 7) is 2.76. The van der Waals surface area contributed by atoms with E-state index in [9.17, 15) is 9.59 Å². The molecule has 1 rings (SSSR count). The molecule has 18 heavy (non-hydrogen) atoms. The summed E-state index contributed by atoms with van der Waals surface area (Å²) in [5, 5.41) is 3.81. The second-order valence-corrected chi connectivity index (χ2v) is 5.12. The molecule has 0 aliphatic heterocycles. The molecule has 1 atom stereocenters. The number of nitrogens with one attached hydrogen (secondary N) is 1. The Morgan fingerprint density at radius 1 is 1.56 bits per heavy atom. The lowest BCUT2D eigenvalue weighted by atomic mass is 10.0. The van der Waals surface area contributed by atoms with Gasteiger partial charge in [-0.1, -0.05) is 29.3 Å². The van der Waals surface area contributed by atoms with Crippen LogP contribution in [0.5, 0.6) is 0 Å². The van der Waals surface area contributed by atoms with E-state index in [1.807, 2.05) is 0 Å². The fraction of sp³-hybridized carbons (Fsp3) is 0.538. The molecule has 0 saturated heterocycles. The molecule has 1 unspecified atom stereocenters. The Morgan fingerprint density at radius 2 is 2.28 bits per heavy atom. The Hall–Kier alpha value is -1.10. The van der Waals surface area contributed by atoms with Crippen molar-refractivity contribution in [1.82, 2.24) is 9.88 Å². The van der Waals surface area contributed by atoms with Gasteiger partial charge in [-0.2, -0.15) is 0 Å². The van der Waals surface area contributed by atoms with Crippen molar-refractivity contribution in [3.8, 4) is 0 Å². The van der Waals surface area contributed by atoms with Crippen LogP contribution in [-0.2, 0) is 7.05 Å². The van der Waals surface area contributed by atoms with E-state index in [4.69, 9.17) is 0 Å². The van der Waals surface area contributed by atoms with Crippen molar-refractivity contribution in [2.24, 2.45) is 13.0 Å². The Balaban J connectivity index is 2.59. The van der Waals surface area contributed by atoms with E-state index in [0.717, 1.165) is 18.2 Å². The van der Waals surface area contributed by atoms with E-state index in [1.165, 1.54) is 10.6 Å². The van der Waals surface area contributed by atoms with Crippen molar-refractivity contribution >= 4 is 21.8 Å². The average molecular weight is 315 g/mol. The third-order valence-corrected chi connectivity index (χ3v) is 3.47. The van der Waals surface area contributed by atoms with Crippen LogP contribution < -0.4 is 10.9 Å². The topological polar surface area (TPSA) is 51.1 Å². The normalized spacial score (nSPS) is 12.2. The maximum absolute atomic E-state index is 11.9. The molecule has 1 heterocycles. The molecule has 1 aromatic rings. The number of amides is 1. The molecule has 0 bridgehead atoms. The van der Waals surface area contributed by atoms with E-state index >= 15 is 0 Å². The lowest BCUT2D eigenvalue weighted by molar-refractivity contribution is 0.0946. The molecule has 0 spiro atoms. The monoisotopic (exact) mass is 314 g/mol. The van der Waals surface area contributed by atoms with Crippen LogP contribution in [-0.4, -0.2) is 22.3 Å². The standard InChI is InChI=1S/C13H19BrN2O2/c1-3-10(4-6-14)9-15-13(18)11-5-7-16(2)12(17)8-11/h5,7-8,10H,3-4,6,9H2,1-2H3,(H,15,18). The molecular formula is C13H19BrN2O2. The van der Waals surface area contributed by atoms with Crippen molar-refractivity contribution in [3.05, 3.63) is 34.2 Å². The number of hydrogen-bond acceptors (Lipinski definition) is 2. The quantitative estimate of drug-likeness (QED) is 0.816. The van der Waals surface area contributed by atoms with Gasteiger partial charge in [-0.3, -0.25) is 9.59 Å². The van der Waals surface area contributed by atoms with E-state index in [0.29, 0.717) is 18.0 Å². The third kappa shape index (κ3) is 4.29. The van der Waals surface area contributed by atoms with Crippen molar-refractivity contribution in [3.63, 3.8) is 0 Å². The van der Waals surface area contributed by atoms with Gasteiger partial charge in [-0.15, -0.1) is 0 Å². The van der Waals surface area contributed by atoms with E-state index in [-0.39, 0.29) is 11.5 Å². The first-order chi connectivity index (χ1) is 8.58. The molecule has 1 N–H and O–H groups in total. The predicted molar refractivity (Wildman–Crippen MR) is 76.2 cm³/mol. The number of carbonyl (C=O) groups excluding carboxylic acids is 1. The summed E-state index contributed by atoms with van der Waals surface area (Å²) in [6.07, 6.45) is 3.67. The van der Waals surface area contributed by atoms with E-state index < -0.39 is 0 Å². The van der Waals surface area contributed by atoms with Gasteiger partial charge in [0.25, 0.3) is 11.5 Å². The van der Waals surface area contributed by atoms with Gasteiger partial charge in [0, 0.05) is 36.7 Å². The number of rotatable bonds is 6. The fourth-order valence-corrected chi connectivity index (χ4v) is 2.28. The summed E-state index contributed by atoms with van der Waals surface area (Å²) in [5.74, 6) is 0.292. The zero-order valence-corrected chi connectivity index (χ0v) is 12.4. The summed E-state index contributed by atoms with van der Waals surface area (Å²) in [7, 11) is 1.66. The highest BCUT2D eigenvalue weighted by Crippen LogP contribution is 2.08. The highest BCUT2D eigenvalue weighted by atomic mass is 79.9. The summed E-state index contributed by atoms with van der Waals surface area (Å²) in [5.41, 5.74) is 0.252. The highest BCUT2D eigenvalue weighted by molar-refractivity contribution is 9.09. The minimum Gasteiger partial charge on any atom is -0.352 e. The second-order valence-electron chi connectivity index (χ2n) is 4.33. The van der Waals surface area contributed by atoms with E-state index in [2.05, 4.69) is 28.2 Å². The van der Waals surface area contributed by atoms with Crippen molar-refractivity contribution < 1.29 is 4.79 Å². The van der Waals surface area contributed by atoms with Gasteiger partial charge in [-0.25, -0.2) is 0 Å². The van der Waals surface area contributed by atoms with Crippen molar-refractivity contribution in [2.45, 2.75) is 19.8 Å². The molecule has 4 nitrogen and oxygen atoms in total. The molecule has 0 aliphatic rings. The number of pyridine rings is 1. The lowest BCUT2D eigenvalue weighted by Gasteiger charge is -2.14. The second kappa shape index (κ2) is 7.36. The summed E-state index contributed by atoms with van der Waals surface area (Å²) < 4.78 is 1.44. The minimum absolute atomic E-state index is 0.171. The number of nitrogens with zero attached hydrogens (tertiary/aromatic N) is 1. The van der Waals surface area contributed by atoms with Crippen LogP contribution in [0.2, 0.25) is 0 Å². The smallest absolute Gasteiger partial charge is 0.251 e. The van der Waals surface area contributed by atoms with Crippen LogP contribution in [0.15, 0.2) is 23.1 Å². The number of halogens is 1. The number of carbonyl (C=O) groups is 1. The molecule has 0 fully saturated rings. The molecular weight excluding hydrogens is 296 g/mol. The van der Waals surface area contributed by atoms with Gasteiger partial charge in [0.1, 0.15) is 0 Å². The first-order valence-corrected chi connectivity index (χ1v) is 7.21. The van der Waals surface area contributed by atoms with Crippen molar-refractivity contribution in [1.29, 1.82) is 0 Å². The Morgan fingerprint density at radius 3 is 2.83 bits per heavy atom. The van der Waals surface area contributed by atoms with Crippen LogP contribution in [0.3, 0.4) is 0 Å². The Kier molecular flexibility index (Phi) is 6.12. The van der Waals surface area contributed by atoms with Crippen LogP contribution in [0.1, 0.15) is 30.1 Å². The maximum Gasteiger partial charge on any atom is 0.251 e. The van der Waals surface area contributed by atoms with Gasteiger partial charge in [0.15, 0.2) is 0 Å². The van der Waals surface area contributed by atoms with Crippen molar-refractivity contribution in [2.75, 3.05) is 11.9 Å².